The van der Waals surface area contributed by atoms with Crippen molar-refractivity contribution in [3.8, 4) is 11.8 Å². The lowest BCUT2D eigenvalue weighted by Crippen LogP contribution is -2.83. The first kappa shape index (κ1) is 47.3. The lowest BCUT2D eigenvalue weighted by atomic mass is 9.28. The van der Waals surface area contributed by atoms with E-state index >= 15 is 14.4 Å². The van der Waals surface area contributed by atoms with E-state index in [4.69, 9.17) is 23.4 Å². The third kappa shape index (κ3) is 5.06. The molecule has 13 nitrogen and oxygen atoms in total. The Morgan fingerprint density at radius 1 is 0.961 bits per heavy atom. The molecular weight excluding hydrogens is 961 g/mol. The van der Waals surface area contributed by atoms with E-state index < -0.39 is 86.1 Å². The molecule has 9 aliphatic carbocycles. The molecule has 13 fully saturated rings. The predicted molar refractivity (Wildman–Crippen MR) is 273 cm³/mol. The van der Waals surface area contributed by atoms with Crippen LogP contribution >= 0.6 is 0 Å². The van der Waals surface area contributed by atoms with Gasteiger partial charge in [0.2, 0.25) is 0 Å². The number of carbonyl (C=O) groups is 3. The molecule has 8 saturated carbocycles. The van der Waals surface area contributed by atoms with Gasteiger partial charge in [0.1, 0.15) is 29.7 Å². The Labute approximate surface area is 446 Å². The van der Waals surface area contributed by atoms with Gasteiger partial charge in [-0.05, 0) is 160 Å². The Kier molecular flexibility index (Phi) is 9.64. The Morgan fingerprint density at radius 3 is 2.67 bits per heavy atom. The standard InChI is InChI=1S/C63H78N2O11/c1-56-28-37-29-57-20-8-13-39(57)26-40-17-22-59(38-11-3-2-4-12-38)50-48(68)52(69)61(49(37)58(50)32-73-54(70)51(57)62(40,58)76-59)43-14-6-5-9-34(43)10-7-21-60(56,75-55(71)53-63(56,61)74-53)44-19-24-72-47(44)27-42(46(67)31-66)35-15-16-41-36(25-35)18-23-65-33-64-30-45(41)65/h17-19,23-24,34-39,41-43,45-46,49-53,64,66-67,69H,2-6,8-9,11-16,20-22,25-33H2,1H3/t34-,35-,36-,37-,39-,41+,42+,43-,45-,46-,49-,50+,51-,52-,53-,56+,57+,58-,59-,60+,61+,62+,63-/m1/s1. The summed E-state index contributed by atoms with van der Waals surface area (Å²) >= 11 is 0. The van der Waals surface area contributed by atoms with Gasteiger partial charge in [-0.15, -0.1) is 0 Å². The van der Waals surface area contributed by atoms with E-state index in [-0.39, 0.29) is 72.8 Å². The molecule has 13 heteroatoms. The van der Waals surface area contributed by atoms with Gasteiger partial charge >= 0.3 is 11.9 Å². The van der Waals surface area contributed by atoms with Crippen LogP contribution in [0.3, 0.4) is 0 Å². The summed E-state index contributed by atoms with van der Waals surface area (Å²) in [5.41, 5.74) is -6.71. The van der Waals surface area contributed by atoms with E-state index in [1.165, 1.54) is 5.57 Å². The van der Waals surface area contributed by atoms with Crippen LogP contribution in [0, 0.1) is 105 Å². The van der Waals surface area contributed by atoms with Crippen molar-refractivity contribution in [1.82, 2.24) is 10.2 Å². The summed E-state index contributed by atoms with van der Waals surface area (Å²) in [6.45, 7) is 3.79. The van der Waals surface area contributed by atoms with Crippen LogP contribution in [-0.2, 0) is 45.4 Å². The van der Waals surface area contributed by atoms with Gasteiger partial charge in [-0.3, -0.25) is 14.9 Å². The van der Waals surface area contributed by atoms with E-state index in [2.05, 4.69) is 47.3 Å². The van der Waals surface area contributed by atoms with E-state index in [1.54, 1.807) is 6.26 Å². The van der Waals surface area contributed by atoms with Crippen molar-refractivity contribution >= 4 is 17.7 Å². The first-order chi connectivity index (χ1) is 36.9. The zero-order chi connectivity index (χ0) is 51.1. The predicted octanol–water partition coefficient (Wildman–Crippen LogP) is 7.05. The molecule has 0 unspecified atom stereocenters. The summed E-state index contributed by atoms with van der Waals surface area (Å²) in [5, 5.41) is 40.9. The molecule has 16 aliphatic rings. The smallest absolute Gasteiger partial charge is 0.339 e. The zero-order valence-corrected chi connectivity index (χ0v) is 44.4. The molecule has 1 aromatic heterocycles. The van der Waals surface area contributed by atoms with Crippen molar-refractivity contribution in [3.63, 3.8) is 0 Å². The number of fused-ring (bicyclic) bond motifs is 6. The molecule has 0 radical (unpaired) electrons. The number of Topliss-reactive ketones (excluding diaryl/α,β-unsaturated/α-hetero) is 1. The highest BCUT2D eigenvalue weighted by molar-refractivity contribution is 5.94. The maximum absolute atomic E-state index is 17.1. The van der Waals surface area contributed by atoms with Gasteiger partial charge in [-0.1, -0.05) is 69.4 Å². The molecule has 4 N–H and O–H groups in total. The minimum absolute atomic E-state index is 0.0614. The summed E-state index contributed by atoms with van der Waals surface area (Å²) < 4.78 is 36.8. The monoisotopic (exact) mass is 1040 g/mol. The van der Waals surface area contributed by atoms with E-state index in [1.807, 2.05) is 6.07 Å². The molecule has 0 amide bonds. The maximum Gasteiger partial charge on any atom is 0.339 e. The molecular formula is C63H78N2O11. The van der Waals surface area contributed by atoms with Gasteiger partial charge < -0.3 is 43.6 Å². The van der Waals surface area contributed by atoms with Gasteiger partial charge in [0.15, 0.2) is 17.5 Å². The molecule has 5 saturated heterocycles. The minimum Gasteiger partial charge on any atom is -0.469 e. The van der Waals surface area contributed by atoms with Crippen molar-refractivity contribution in [2.75, 3.05) is 26.4 Å². The first-order valence-electron chi connectivity index (χ1n) is 30.6. The number of ether oxygens (including phenoxy) is 4. The molecule has 23 atom stereocenters. The minimum atomic E-state index is -1.49. The highest BCUT2D eigenvalue weighted by Crippen LogP contribution is 2.91. The molecule has 76 heavy (non-hydrogen) atoms. The van der Waals surface area contributed by atoms with Crippen molar-refractivity contribution in [1.29, 1.82) is 0 Å². The summed E-state index contributed by atoms with van der Waals surface area (Å²) in [6, 6.07) is 2.43. The second kappa shape index (κ2) is 15.5. The second-order valence-corrected chi connectivity index (χ2v) is 28.6. The third-order valence-corrected chi connectivity index (χ3v) is 26.9. The van der Waals surface area contributed by atoms with Crippen molar-refractivity contribution < 1.29 is 53.1 Å². The first-order valence-corrected chi connectivity index (χ1v) is 30.6. The number of aliphatic hydroxyl groups is 3. The highest BCUT2D eigenvalue weighted by Gasteiger charge is 3.00. The topological polar surface area (TPSA) is 181 Å². The Bertz CT molecular complexity index is 2840. The number of esters is 2. The van der Waals surface area contributed by atoms with Crippen LogP contribution in [0.5, 0.6) is 0 Å². The summed E-state index contributed by atoms with van der Waals surface area (Å²) in [5.74, 6) is 6.07. The number of rotatable bonds is 7. The van der Waals surface area contributed by atoms with Crippen molar-refractivity contribution in [3.05, 3.63) is 47.6 Å². The number of aliphatic hydroxyl groups excluding tert-OH is 3. The molecule has 406 valence electrons. The average Bonchev–Trinajstić information content (AvgIpc) is 3.96. The Morgan fingerprint density at radius 2 is 1.80 bits per heavy atom. The Balaban J connectivity index is 0.882. The number of cyclic esters (lactones) is 1. The van der Waals surface area contributed by atoms with E-state index in [0.717, 1.165) is 122 Å². The number of carbonyl (C=O) groups excluding carboxylic acids is 3. The number of nitrogens with one attached hydrogen (secondary N) is 1. The van der Waals surface area contributed by atoms with Gasteiger partial charge in [-0.2, -0.15) is 0 Å². The Hall–Kier alpha value is -3.51. The summed E-state index contributed by atoms with van der Waals surface area (Å²) in [6.07, 6.45) is 22.8. The van der Waals surface area contributed by atoms with Crippen LogP contribution in [0.4, 0.5) is 0 Å². The van der Waals surface area contributed by atoms with Crippen LogP contribution in [0.15, 0.2) is 40.7 Å². The van der Waals surface area contributed by atoms with Gasteiger partial charge in [0, 0.05) is 41.3 Å². The maximum atomic E-state index is 17.1. The second-order valence-electron chi connectivity index (χ2n) is 28.6. The molecule has 7 aliphatic heterocycles. The summed E-state index contributed by atoms with van der Waals surface area (Å²) in [7, 11) is 0. The lowest BCUT2D eigenvalue weighted by Gasteiger charge is -2.74. The number of furan rings is 1. The molecule has 5 spiro atoms. The zero-order valence-electron chi connectivity index (χ0n) is 44.4. The SMILES string of the molecule is C[C@]12C[C@@H]3C[C@@]45CCC[C@@H]4CC4=CC[C@]6(C7CCCCC7)O[C@]47[C@@H]5C(=O)OC[C@]74[C@@H]3[C@]3([C@H](O)C(=O)[C@@H]46)[C@@H]4CCCC[C@@H]4C#CC[C@@]1(c1ccoc1C[C@@H]([C@@H]1CC[C@H]4[C@H](C=CN5CNC[C@H]45)C1)[C@H](O)CO)OC(=O)[C@H]1O[C@@]132. The van der Waals surface area contributed by atoms with Crippen LogP contribution in [0.25, 0.3) is 0 Å². The fraction of sp³-hybridized carbons (Fsp3) is 0.794. The fourth-order valence-electron chi connectivity index (χ4n) is 24.9. The van der Waals surface area contributed by atoms with Crippen molar-refractivity contribution in [2.24, 2.45) is 92.7 Å². The number of ketones is 1. The molecule has 9 bridgehead atoms. The molecule has 8 heterocycles. The van der Waals surface area contributed by atoms with E-state index in [9.17, 15) is 15.3 Å². The van der Waals surface area contributed by atoms with Crippen LogP contribution in [0.1, 0.15) is 147 Å². The quantitative estimate of drug-likeness (QED) is 0.0946. The number of epoxide rings is 1. The molecule has 0 aromatic carbocycles. The molecule has 17 rings (SSSR count). The highest BCUT2D eigenvalue weighted by atomic mass is 16.7. The number of hydrogen-bond donors (Lipinski definition) is 4. The largest absolute Gasteiger partial charge is 0.469 e. The average molecular weight is 1040 g/mol. The normalized spacial score (nSPS) is 54.0. The lowest BCUT2D eigenvalue weighted by molar-refractivity contribution is -0.314. The molecule has 1 aromatic rings. The van der Waals surface area contributed by atoms with Crippen molar-refractivity contribution in [2.45, 2.75) is 189 Å². The summed E-state index contributed by atoms with van der Waals surface area (Å²) in [4.78, 5) is 50.8. The van der Waals surface area contributed by atoms with Crippen LogP contribution in [-0.4, -0.2) is 106 Å². The fourth-order valence-corrected chi connectivity index (χ4v) is 24.9. The van der Waals surface area contributed by atoms with Gasteiger partial charge in [-0.25, -0.2) is 4.79 Å². The van der Waals surface area contributed by atoms with Crippen LogP contribution in [0.2, 0.25) is 0 Å². The van der Waals surface area contributed by atoms with Gasteiger partial charge in [0.25, 0.3) is 0 Å². The number of nitrogens with zero attached hydrogens (tertiary/aromatic N) is 1. The van der Waals surface area contributed by atoms with E-state index in [0.29, 0.717) is 48.5 Å². The van der Waals surface area contributed by atoms with Crippen LogP contribution < -0.4 is 5.32 Å². The van der Waals surface area contributed by atoms with Gasteiger partial charge in [0.05, 0.1) is 54.9 Å². The third-order valence-electron chi connectivity index (χ3n) is 26.9. The number of allylic oxidation sites excluding steroid dienone is 1. The number of hydrogen-bond acceptors (Lipinski definition) is 13.